The van der Waals surface area contributed by atoms with E-state index in [1.807, 2.05) is 0 Å². The van der Waals surface area contributed by atoms with E-state index in [1.54, 1.807) is 44.2 Å². The van der Waals surface area contributed by atoms with Crippen LogP contribution in [0.1, 0.15) is 28.1 Å². The number of benzene rings is 2. The van der Waals surface area contributed by atoms with Crippen LogP contribution in [0.25, 0.3) is 11.8 Å². The monoisotopic (exact) mass is 459 g/mol. The molecule has 174 valence electrons. The lowest BCUT2D eigenvalue weighted by atomic mass is 10.1. The largest absolute Gasteiger partial charge is 0.493 e. The Morgan fingerprint density at radius 2 is 1.79 bits per heavy atom. The molecule has 0 bridgehead atoms. The molecule has 1 heterocycles. The Morgan fingerprint density at radius 3 is 2.39 bits per heavy atom. The number of halogens is 3. The van der Waals surface area contributed by atoms with Crippen LogP contribution >= 0.6 is 0 Å². The Balaban J connectivity index is 1.75. The van der Waals surface area contributed by atoms with Crippen LogP contribution in [0.4, 0.5) is 13.2 Å². The molecule has 0 atom stereocenters. The molecule has 0 fully saturated rings. The predicted molar refractivity (Wildman–Crippen MR) is 118 cm³/mol. The molecule has 1 N–H and O–H groups in total. The number of hydrogen-bond acceptors (Lipinski definition) is 4. The summed E-state index contributed by atoms with van der Waals surface area (Å²) >= 11 is 0. The molecule has 0 spiro atoms. The first kappa shape index (κ1) is 23.9. The summed E-state index contributed by atoms with van der Waals surface area (Å²) in [6.07, 6.45) is -1.80. The predicted octanol–water partition coefficient (Wildman–Crippen LogP) is 4.85. The smallest absolute Gasteiger partial charge is 0.416 e. The van der Waals surface area contributed by atoms with Gasteiger partial charge in [0.25, 0.3) is 0 Å². The lowest BCUT2D eigenvalue weighted by Gasteiger charge is -2.15. The summed E-state index contributed by atoms with van der Waals surface area (Å²) in [5.41, 5.74) is 1.54. The molecule has 1 aromatic heterocycles. The van der Waals surface area contributed by atoms with Crippen molar-refractivity contribution in [3.05, 3.63) is 76.6 Å². The van der Waals surface area contributed by atoms with Crippen molar-refractivity contribution in [1.29, 1.82) is 0 Å². The second-order valence-electron chi connectivity index (χ2n) is 7.34. The third kappa shape index (κ3) is 5.74. The van der Waals surface area contributed by atoms with Gasteiger partial charge in [0.2, 0.25) is 5.91 Å². The van der Waals surface area contributed by atoms with Crippen molar-refractivity contribution in [3.63, 3.8) is 0 Å². The second-order valence-corrected chi connectivity index (χ2v) is 7.34. The fourth-order valence-electron chi connectivity index (χ4n) is 3.37. The standard InChI is InChI=1S/C24H24F3N3O3/c1-15-11-16(2)30(29-15)19-8-7-18(20(13-19)24(25,26)27)14-28-23(31)10-6-17-5-9-21(32-3)22(12-17)33-4/h5-13H,14H2,1-4H3,(H,28,31)/b10-6+. The first-order chi connectivity index (χ1) is 15.6. The van der Waals surface area contributed by atoms with Crippen molar-refractivity contribution in [3.8, 4) is 17.2 Å². The lowest BCUT2D eigenvalue weighted by molar-refractivity contribution is -0.138. The molecule has 0 unspecified atom stereocenters. The van der Waals surface area contributed by atoms with Crippen LogP contribution in [0.15, 0.2) is 48.5 Å². The van der Waals surface area contributed by atoms with E-state index in [-0.39, 0.29) is 12.1 Å². The van der Waals surface area contributed by atoms with Crippen molar-refractivity contribution in [2.24, 2.45) is 0 Å². The summed E-state index contributed by atoms with van der Waals surface area (Å²) in [6.45, 7) is 3.26. The molecule has 9 heteroatoms. The molecule has 2 aromatic carbocycles. The van der Waals surface area contributed by atoms with Crippen molar-refractivity contribution in [1.82, 2.24) is 15.1 Å². The van der Waals surface area contributed by atoms with E-state index in [4.69, 9.17) is 9.47 Å². The Labute approximate surface area is 189 Å². The summed E-state index contributed by atoms with van der Waals surface area (Å²) in [6, 6.07) is 10.8. The Morgan fingerprint density at radius 1 is 1.06 bits per heavy atom. The summed E-state index contributed by atoms with van der Waals surface area (Å²) in [7, 11) is 3.01. The van der Waals surface area contributed by atoms with E-state index in [0.717, 1.165) is 11.8 Å². The van der Waals surface area contributed by atoms with Crippen LogP contribution in [0, 0.1) is 13.8 Å². The molecule has 6 nitrogen and oxygen atoms in total. The van der Waals surface area contributed by atoms with Gasteiger partial charge in [-0.25, -0.2) is 4.68 Å². The van der Waals surface area contributed by atoms with E-state index in [1.165, 1.54) is 37.1 Å². The number of hydrogen-bond donors (Lipinski definition) is 1. The Kier molecular flexibility index (Phi) is 7.10. The van der Waals surface area contributed by atoms with E-state index in [9.17, 15) is 18.0 Å². The number of nitrogens with zero attached hydrogens (tertiary/aromatic N) is 2. The van der Waals surface area contributed by atoms with E-state index in [2.05, 4.69) is 10.4 Å². The van der Waals surface area contributed by atoms with Gasteiger partial charge >= 0.3 is 6.18 Å². The number of carbonyl (C=O) groups is 1. The maximum absolute atomic E-state index is 13.7. The maximum atomic E-state index is 13.7. The van der Waals surface area contributed by atoms with Crippen molar-refractivity contribution in [2.75, 3.05) is 14.2 Å². The Hall–Kier alpha value is -3.75. The molecule has 0 aliphatic rings. The van der Waals surface area contributed by atoms with E-state index < -0.39 is 17.6 Å². The zero-order valence-corrected chi connectivity index (χ0v) is 18.7. The summed E-state index contributed by atoms with van der Waals surface area (Å²) in [4.78, 5) is 12.2. The number of amides is 1. The van der Waals surface area contributed by atoms with Gasteiger partial charge in [-0.1, -0.05) is 12.1 Å². The van der Waals surface area contributed by atoms with Crippen LogP contribution < -0.4 is 14.8 Å². The van der Waals surface area contributed by atoms with Crippen molar-refractivity contribution < 1.29 is 27.4 Å². The number of aromatic nitrogens is 2. The van der Waals surface area contributed by atoms with Gasteiger partial charge in [-0.15, -0.1) is 0 Å². The molecule has 0 saturated heterocycles. The Bertz CT molecular complexity index is 1180. The second kappa shape index (κ2) is 9.81. The van der Waals surface area contributed by atoms with Gasteiger partial charge in [-0.2, -0.15) is 18.3 Å². The molecule has 0 aliphatic carbocycles. The minimum Gasteiger partial charge on any atom is -0.493 e. The van der Waals surface area contributed by atoms with Gasteiger partial charge in [-0.05, 0) is 61.4 Å². The molecular weight excluding hydrogens is 435 g/mol. The number of rotatable bonds is 7. The zero-order valence-electron chi connectivity index (χ0n) is 18.7. The van der Waals surface area contributed by atoms with Gasteiger partial charge in [0.05, 0.1) is 31.2 Å². The third-order valence-corrected chi connectivity index (χ3v) is 4.94. The minimum absolute atomic E-state index is 0.0411. The number of carbonyl (C=O) groups excluding carboxylic acids is 1. The molecular formula is C24H24F3N3O3. The molecule has 3 rings (SSSR count). The van der Waals surface area contributed by atoms with Crippen LogP contribution in [0.5, 0.6) is 11.5 Å². The number of ether oxygens (including phenoxy) is 2. The van der Waals surface area contributed by atoms with Gasteiger partial charge in [0, 0.05) is 18.3 Å². The number of aryl methyl sites for hydroxylation is 2. The molecule has 33 heavy (non-hydrogen) atoms. The van der Waals surface area contributed by atoms with E-state index >= 15 is 0 Å². The average Bonchev–Trinajstić information content (AvgIpc) is 3.13. The minimum atomic E-state index is -4.58. The number of methoxy groups -OCH3 is 2. The molecule has 3 aromatic rings. The molecule has 1 amide bonds. The average molecular weight is 459 g/mol. The highest BCUT2D eigenvalue weighted by Gasteiger charge is 2.34. The van der Waals surface area contributed by atoms with Crippen LogP contribution in [-0.4, -0.2) is 29.9 Å². The van der Waals surface area contributed by atoms with Crippen LogP contribution in [0.2, 0.25) is 0 Å². The maximum Gasteiger partial charge on any atom is 0.416 e. The normalized spacial score (nSPS) is 11.6. The van der Waals surface area contributed by atoms with Crippen LogP contribution in [0.3, 0.4) is 0 Å². The molecule has 0 radical (unpaired) electrons. The zero-order chi connectivity index (χ0) is 24.2. The van der Waals surface area contributed by atoms with Crippen molar-refractivity contribution >= 4 is 12.0 Å². The lowest BCUT2D eigenvalue weighted by Crippen LogP contribution is -2.23. The van der Waals surface area contributed by atoms with Gasteiger partial charge in [-0.3, -0.25) is 4.79 Å². The van der Waals surface area contributed by atoms with Gasteiger partial charge in [0.1, 0.15) is 0 Å². The topological polar surface area (TPSA) is 65.4 Å². The third-order valence-electron chi connectivity index (χ3n) is 4.94. The fourth-order valence-corrected chi connectivity index (χ4v) is 3.37. The van der Waals surface area contributed by atoms with Gasteiger partial charge < -0.3 is 14.8 Å². The number of alkyl halides is 3. The van der Waals surface area contributed by atoms with Crippen LogP contribution in [-0.2, 0) is 17.5 Å². The quantitative estimate of drug-likeness (QED) is 0.513. The first-order valence-corrected chi connectivity index (χ1v) is 10.0. The molecule has 0 aliphatic heterocycles. The SMILES string of the molecule is COc1ccc(/C=C/C(=O)NCc2ccc(-n3nc(C)cc3C)cc2C(F)(F)F)cc1OC. The fraction of sp³-hybridized carbons (Fsp3) is 0.250. The number of nitrogens with one attached hydrogen (secondary N) is 1. The highest BCUT2D eigenvalue weighted by Crippen LogP contribution is 2.34. The highest BCUT2D eigenvalue weighted by molar-refractivity contribution is 5.91. The van der Waals surface area contributed by atoms with Gasteiger partial charge in [0.15, 0.2) is 11.5 Å². The van der Waals surface area contributed by atoms with E-state index in [0.29, 0.717) is 28.4 Å². The summed E-state index contributed by atoms with van der Waals surface area (Å²) in [5, 5.41) is 6.74. The molecule has 0 saturated carbocycles. The summed E-state index contributed by atoms with van der Waals surface area (Å²) < 4.78 is 52.9. The summed E-state index contributed by atoms with van der Waals surface area (Å²) in [5.74, 6) is 0.515. The highest BCUT2D eigenvalue weighted by atomic mass is 19.4. The first-order valence-electron chi connectivity index (χ1n) is 10.0. The van der Waals surface area contributed by atoms with Crippen molar-refractivity contribution in [2.45, 2.75) is 26.6 Å².